The number of hydrogen-bond acceptors (Lipinski definition) is 2. The number of para-hydroxylation sites is 2. The van der Waals surface area contributed by atoms with Crippen LogP contribution in [-0.4, -0.2) is 14.5 Å². The lowest BCUT2D eigenvalue weighted by Crippen LogP contribution is -3.00. The maximum atomic E-state index is 4.62. The first-order chi connectivity index (χ1) is 14.4. The van der Waals surface area contributed by atoms with E-state index in [2.05, 4.69) is 67.7 Å². The molecule has 0 saturated heterocycles. The number of hydrogen-bond donors (Lipinski definition) is 0. The predicted molar refractivity (Wildman–Crippen MR) is 116 cm³/mol. The summed E-state index contributed by atoms with van der Waals surface area (Å²) in [7, 11) is 0. The molecule has 3 heterocycles. The van der Waals surface area contributed by atoms with Crippen molar-refractivity contribution in [1.29, 1.82) is 0 Å². The van der Waals surface area contributed by atoms with E-state index in [1.165, 1.54) is 0 Å². The van der Waals surface area contributed by atoms with Crippen molar-refractivity contribution in [3.05, 3.63) is 115 Å². The van der Waals surface area contributed by atoms with E-state index in [0.29, 0.717) is 0 Å². The minimum atomic E-state index is 0. The predicted octanol–water partition coefficient (Wildman–Crippen LogP) is 1.87. The van der Waals surface area contributed by atoms with Crippen LogP contribution in [0.4, 0.5) is 0 Å². The number of imidazole rings is 1. The van der Waals surface area contributed by atoms with Crippen LogP contribution >= 0.6 is 0 Å². The summed E-state index contributed by atoms with van der Waals surface area (Å²) < 4.78 is 4.34. The summed E-state index contributed by atoms with van der Waals surface area (Å²) in [6.07, 6.45) is 7.88. The van der Waals surface area contributed by atoms with E-state index >= 15 is 0 Å². The van der Waals surface area contributed by atoms with Gasteiger partial charge < -0.3 is 24.0 Å². The minimum absolute atomic E-state index is 0. The van der Waals surface area contributed by atoms with Crippen molar-refractivity contribution in [2.24, 2.45) is 0 Å². The Morgan fingerprint density at radius 2 is 1.37 bits per heavy atom. The molecule has 146 valence electrons. The molecule has 5 rings (SSSR count). The summed E-state index contributed by atoms with van der Waals surface area (Å²) in [5, 5.41) is 0. The molecule has 0 aliphatic heterocycles. The Morgan fingerprint density at radius 1 is 0.667 bits per heavy atom. The summed E-state index contributed by atoms with van der Waals surface area (Å²) in [6.45, 7) is 0. The van der Waals surface area contributed by atoms with Gasteiger partial charge in [0.05, 0.1) is 0 Å². The SMILES string of the molecule is C(=Cc1n(-c2ccccn2)c2ccccc2[n+]1-c1ccccn1)c1ccccc1.[I-]. The van der Waals surface area contributed by atoms with Crippen molar-refractivity contribution in [3.63, 3.8) is 0 Å². The monoisotopic (exact) mass is 502 g/mol. The van der Waals surface area contributed by atoms with Crippen LogP contribution in [0.5, 0.6) is 0 Å². The lowest BCUT2D eigenvalue weighted by Gasteiger charge is -2.03. The molecule has 0 saturated carbocycles. The van der Waals surface area contributed by atoms with Gasteiger partial charge in [-0.05, 0) is 42.0 Å². The summed E-state index contributed by atoms with van der Waals surface area (Å²) in [4.78, 5) is 9.23. The van der Waals surface area contributed by atoms with Crippen LogP contribution in [-0.2, 0) is 0 Å². The van der Waals surface area contributed by atoms with Crippen molar-refractivity contribution < 1.29 is 28.5 Å². The van der Waals surface area contributed by atoms with Gasteiger partial charge in [-0.2, -0.15) is 4.57 Å². The van der Waals surface area contributed by atoms with Gasteiger partial charge in [-0.3, -0.25) is 0 Å². The van der Waals surface area contributed by atoms with Crippen LogP contribution in [0.15, 0.2) is 103 Å². The van der Waals surface area contributed by atoms with Gasteiger partial charge in [0.15, 0.2) is 5.82 Å². The van der Waals surface area contributed by atoms with Gasteiger partial charge in [0, 0.05) is 18.3 Å². The molecule has 0 radical (unpaired) electrons. The number of benzene rings is 2. The second-order valence-electron chi connectivity index (χ2n) is 6.64. The number of nitrogens with zero attached hydrogens (tertiary/aromatic N) is 4. The molecule has 0 amide bonds. The van der Waals surface area contributed by atoms with Gasteiger partial charge in [-0.15, -0.1) is 4.98 Å². The second-order valence-corrected chi connectivity index (χ2v) is 6.64. The summed E-state index contributed by atoms with van der Waals surface area (Å²) in [5.41, 5.74) is 3.28. The van der Waals surface area contributed by atoms with Crippen LogP contribution in [0.2, 0.25) is 0 Å². The number of rotatable bonds is 4. The van der Waals surface area contributed by atoms with Gasteiger partial charge in [0.25, 0.3) is 5.82 Å². The summed E-state index contributed by atoms with van der Waals surface area (Å²) in [5.74, 6) is 2.71. The quantitative estimate of drug-likeness (QED) is 0.278. The molecule has 5 aromatic rings. The standard InChI is InChI=1S/C25H19N4.HI/c1-2-10-20(11-3-1)16-17-25-28(23-14-6-8-18-26-23)21-12-4-5-13-22(21)29(25)24-15-7-9-19-27-24;/h1-19H;1H/q+1;/p-1. The highest BCUT2D eigenvalue weighted by atomic mass is 127. The number of aromatic nitrogens is 4. The van der Waals surface area contributed by atoms with Crippen molar-refractivity contribution in [3.8, 4) is 11.6 Å². The fourth-order valence-corrected chi connectivity index (χ4v) is 3.53. The van der Waals surface area contributed by atoms with Crippen molar-refractivity contribution in [2.75, 3.05) is 0 Å². The molecule has 3 aromatic heterocycles. The van der Waals surface area contributed by atoms with Gasteiger partial charge in [0.1, 0.15) is 17.2 Å². The Morgan fingerprint density at radius 3 is 2.10 bits per heavy atom. The molecule has 0 spiro atoms. The first-order valence-electron chi connectivity index (χ1n) is 9.53. The Kier molecular flexibility index (Phi) is 5.99. The molecular formula is C25H19IN4. The Bertz CT molecular complexity index is 1200. The highest BCUT2D eigenvalue weighted by Crippen LogP contribution is 2.22. The number of pyridine rings is 2. The molecule has 0 fully saturated rings. The summed E-state index contributed by atoms with van der Waals surface area (Å²) in [6, 6.07) is 30.5. The molecule has 30 heavy (non-hydrogen) atoms. The molecule has 0 N–H and O–H groups in total. The molecule has 0 unspecified atom stereocenters. The van der Waals surface area contributed by atoms with Crippen molar-refractivity contribution in [1.82, 2.24) is 14.5 Å². The lowest BCUT2D eigenvalue weighted by molar-refractivity contribution is -0.574. The lowest BCUT2D eigenvalue weighted by atomic mass is 10.2. The fraction of sp³-hybridized carbons (Fsp3) is 0. The van der Waals surface area contributed by atoms with E-state index in [4.69, 9.17) is 0 Å². The van der Waals surface area contributed by atoms with Crippen LogP contribution in [0.25, 0.3) is 34.8 Å². The maximum Gasteiger partial charge on any atom is 0.267 e. The zero-order valence-electron chi connectivity index (χ0n) is 16.1. The van der Waals surface area contributed by atoms with E-state index in [0.717, 1.165) is 34.1 Å². The normalized spacial score (nSPS) is 10.9. The van der Waals surface area contributed by atoms with Crippen LogP contribution in [0.3, 0.4) is 0 Å². The van der Waals surface area contributed by atoms with Crippen molar-refractivity contribution in [2.45, 2.75) is 0 Å². The van der Waals surface area contributed by atoms with Gasteiger partial charge in [-0.1, -0.05) is 54.6 Å². The topological polar surface area (TPSA) is 34.6 Å². The van der Waals surface area contributed by atoms with Gasteiger partial charge >= 0.3 is 0 Å². The maximum absolute atomic E-state index is 4.62. The van der Waals surface area contributed by atoms with Gasteiger partial charge in [-0.25, -0.2) is 9.55 Å². The molecule has 0 atom stereocenters. The molecule has 5 heteroatoms. The van der Waals surface area contributed by atoms with Crippen LogP contribution in [0, 0.1) is 0 Å². The molecule has 2 aromatic carbocycles. The van der Waals surface area contributed by atoms with Gasteiger partial charge in [0.2, 0.25) is 5.82 Å². The molecule has 0 aliphatic rings. The zero-order chi connectivity index (χ0) is 19.5. The second kappa shape index (κ2) is 9.00. The van der Waals surface area contributed by atoms with E-state index in [1.54, 1.807) is 0 Å². The number of halogens is 1. The first kappa shape index (κ1) is 20.0. The fourth-order valence-electron chi connectivity index (χ4n) is 3.53. The molecule has 4 nitrogen and oxygen atoms in total. The Balaban J connectivity index is 0.00000218. The van der Waals surface area contributed by atoms with E-state index in [9.17, 15) is 0 Å². The Hall–Kier alpha value is -3.32. The van der Waals surface area contributed by atoms with E-state index in [1.807, 2.05) is 67.0 Å². The minimum Gasteiger partial charge on any atom is -1.00 e. The van der Waals surface area contributed by atoms with Crippen LogP contribution < -0.4 is 28.5 Å². The third-order valence-corrected chi connectivity index (χ3v) is 4.80. The third kappa shape index (κ3) is 3.76. The average Bonchev–Trinajstić information content (AvgIpc) is 3.13. The third-order valence-electron chi connectivity index (χ3n) is 4.80. The highest BCUT2D eigenvalue weighted by molar-refractivity contribution is 5.78. The summed E-state index contributed by atoms with van der Waals surface area (Å²) >= 11 is 0. The molecular weight excluding hydrogens is 483 g/mol. The van der Waals surface area contributed by atoms with E-state index in [-0.39, 0.29) is 24.0 Å². The Labute approximate surface area is 192 Å². The highest BCUT2D eigenvalue weighted by Gasteiger charge is 2.24. The first-order valence-corrected chi connectivity index (χ1v) is 9.53. The van der Waals surface area contributed by atoms with Crippen molar-refractivity contribution >= 4 is 23.2 Å². The smallest absolute Gasteiger partial charge is 0.267 e. The molecule has 0 bridgehead atoms. The number of fused-ring (bicyclic) bond motifs is 1. The zero-order valence-corrected chi connectivity index (χ0v) is 18.3. The largest absolute Gasteiger partial charge is 1.00 e. The molecule has 0 aliphatic carbocycles. The average molecular weight is 502 g/mol. The van der Waals surface area contributed by atoms with E-state index < -0.39 is 0 Å². The van der Waals surface area contributed by atoms with Crippen LogP contribution in [0.1, 0.15) is 11.4 Å².